The normalized spacial score (nSPS) is 17.2. The molecule has 2 atom stereocenters. The highest BCUT2D eigenvalue weighted by Crippen LogP contribution is 2.03. The molecular formula is C6H16O4S2. The molecule has 0 aromatic heterocycles. The van der Waals surface area contributed by atoms with Crippen LogP contribution in [-0.2, 0) is 0 Å². The van der Waals surface area contributed by atoms with Gasteiger partial charge in [-0.25, -0.2) is 0 Å². The van der Waals surface area contributed by atoms with E-state index in [-0.39, 0.29) is 13.2 Å². The SMILES string of the molecule is CC(O)(S)CO.OCC(O)CS. The van der Waals surface area contributed by atoms with Crippen LogP contribution >= 0.6 is 25.3 Å². The molecule has 6 heteroatoms. The zero-order valence-electron chi connectivity index (χ0n) is 6.88. The fraction of sp³-hybridized carbons (Fsp3) is 1.00. The second-order valence-electron chi connectivity index (χ2n) is 2.39. The first-order valence-corrected chi connectivity index (χ1v) is 4.40. The third-order valence-electron chi connectivity index (χ3n) is 0.721. The monoisotopic (exact) mass is 216 g/mol. The average Bonchev–Trinajstić information content (AvgIpc) is 2.03. The predicted molar refractivity (Wildman–Crippen MR) is 53.6 cm³/mol. The fourth-order valence-corrected chi connectivity index (χ4v) is 0.173. The molecule has 0 amide bonds. The Balaban J connectivity index is 0. The highest BCUT2D eigenvalue weighted by molar-refractivity contribution is 7.81. The van der Waals surface area contributed by atoms with Gasteiger partial charge < -0.3 is 20.4 Å². The lowest BCUT2D eigenvalue weighted by Gasteiger charge is -2.09. The van der Waals surface area contributed by atoms with Gasteiger partial charge >= 0.3 is 0 Å². The molecular weight excluding hydrogens is 200 g/mol. The summed E-state index contributed by atoms with van der Waals surface area (Å²) in [5.74, 6) is 0.330. The number of rotatable bonds is 3. The van der Waals surface area contributed by atoms with Crippen molar-refractivity contribution in [1.82, 2.24) is 0 Å². The van der Waals surface area contributed by atoms with Gasteiger partial charge in [0.25, 0.3) is 0 Å². The first kappa shape index (κ1) is 15.0. The molecule has 0 aromatic carbocycles. The molecule has 4 N–H and O–H groups in total. The van der Waals surface area contributed by atoms with Gasteiger partial charge in [-0.05, 0) is 6.92 Å². The first-order chi connectivity index (χ1) is 5.37. The molecule has 0 rings (SSSR count). The largest absolute Gasteiger partial charge is 0.394 e. The predicted octanol–water partition coefficient (Wildman–Crippen LogP) is -1.11. The molecule has 0 bridgehead atoms. The summed E-state index contributed by atoms with van der Waals surface area (Å²) in [6, 6.07) is 0. The van der Waals surface area contributed by atoms with Gasteiger partial charge in [0.2, 0.25) is 0 Å². The van der Waals surface area contributed by atoms with Crippen molar-refractivity contribution in [2.24, 2.45) is 0 Å². The Morgan fingerprint density at radius 3 is 1.75 bits per heavy atom. The molecule has 12 heavy (non-hydrogen) atoms. The standard InChI is InChI=1S/2C3H8O2S/c1-3(5,6)2-4;4-1-3(5)2-6/h4-6H,2H2,1H3;3-6H,1-2H2. The van der Waals surface area contributed by atoms with E-state index in [1.165, 1.54) is 6.92 Å². The minimum atomic E-state index is -1.21. The number of hydrogen-bond acceptors (Lipinski definition) is 6. The van der Waals surface area contributed by atoms with Crippen molar-refractivity contribution < 1.29 is 20.4 Å². The summed E-state index contributed by atoms with van der Waals surface area (Å²) in [5, 5.41) is 32.9. The molecule has 0 fully saturated rings. The topological polar surface area (TPSA) is 80.9 Å². The quantitative estimate of drug-likeness (QED) is 0.267. The maximum Gasteiger partial charge on any atom is 0.127 e. The second kappa shape index (κ2) is 8.15. The summed E-state index contributed by atoms with van der Waals surface area (Å²) < 4.78 is 0. The van der Waals surface area contributed by atoms with Crippen molar-refractivity contribution in [2.75, 3.05) is 19.0 Å². The molecule has 0 aliphatic heterocycles. The zero-order valence-corrected chi connectivity index (χ0v) is 8.67. The Bertz CT molecular complexity index is 90.0. The zero-order chi connectivity index (χ0) is 10.2. The second-order valence-corrected chi connectivity index (χ2v) is 3.72. The molecule has 0 saturated carbocycles. The highest BCUT2D eigenvalue weighted by atomic mass is 32.1. The summed E-state index contributed by atoms with van der Waals surface area (Å²) in [7, 11) is 0. The lowest BCUT2D eigenvalue weighted by atomic mass is 10.4. The molecule has 0 spiro atoms. The molecule has 0 aromatic rings. The van der Waals surface area contributed by atoms with Crippen LogP contribution in [-0.4, -0.2) is 50.4 Å². The molecule has 76 valence electrons. The summed E-state index contributed by atoms with van der Waals surface area (Å²) in [6.45, 7) is 0.912. The Kier molecular flexibility index (Phi) is 10.2. The van der Waals surface area contributed by atoms with Crippen LogP contribution in [0.4, 0.5) is 0 Å². The summed E-state index contributed by atoms with van der Waals surface area (Å²) >= 11 is 7.25. The van der Waals surface area contributed by atoms with Crippen LogP contribution in [0.2, 0.25) is 0 Å². The third-order valence-corrected chi connectivity index (χ3v) is 1.28. The van der Waals surface area contributed by atoms with Gasteiger partial charge in [0.1, 0.15) is 4.93 Å². The Labute approximate surface area is 83.1 Å². The van der Waals surface area contributed by atoms with Gasteiger partial charge in [0.05, 0.1) is 19.3 Å². The van der Waals surface area contributed by atoms with Gasteiger partial charge in [-0.2, -0.15) is 12.6 Å². The van der Waals surface area contributed by atoms with E-state index in [0.29, 0.717) is 5.75 Å². The van der Waals surface area contributed by atoms with Crippen molar-refractivity contribution in [1.29, 1.82) is 0 Å². The summed E-state index contributed by atoms with van der Waals surface area (Å²) in [6.07, 6.45) is -0.645. The highest BCUT2D eigenvalue weighted by Gasteiger charge is 2.09. The molecule has 4 nitrogen and oxygen atoms in total. The van der Waals surface area contributed by atoms with Crippen molar-refractivity contribution >= 4 is 25.3 Å². The van der Waals surface area contributed by atoms with E-state index in [2.05, 4.69) is 25.3 Å². The Morgan fingerprint density at radius 2 is 1.75 bits per heavy atom. The van der Waals surface area contributed by atoms with Crippen LogP contribution in [0.25, 0.3) is 0 Å². The fourth-order valence-electron chi connectivity index (χ4n) is 0.0577. The van der Waals surface area contributed by atoms with Gasteiger partial charge in [-0.3, -0.25) is 0 Å². The number of aliphatic hydroxyl groups excluding tert-OH is 3. The van der Waals surface area contributed by atoms with Crippen molar-refractivity contribution in [2.45, 2.75) is 18.0 Å². The van der Waals surface area contributed by atoms with Crippen LogP contribution in [0.1, 0.15) is 6.92 Å². The lowest BCUT2D eigenvalue weighted by Crippen LogP contribution is -2.19. The Morgan fingerprint density at radius 1 is 1.42 bits per heavy atom. The molecule has 2 unspecified atom stereocenters. The molecule has 0 saturated heterocycles. The minimum Gasteiger partial charge on any atom is -0.394 e. The first-order valence-electron chi connectivity index (χ1n) is 3.32. The van der Waals surface area contributed by atoms with E-state index in [1.54, 1.807) is 0 Å². The molecule has 0 aliphatic rings. The third kappa shape index (κ3) is 16.9. The Hall–Kier alpha value is 0.540. The molecule has 0 aliphatic carbocycles. The lowest BCUT2D eigenvalue weighted by molar-refractivity contribution is 0.0823. The summed E-state index contributed by atoms with van der Waals surface area (Å²) in [5.41, 5.74) is 0. The smallest absolute Gasteiger partial charge is 0.127 e. The van der Waals surface area contributed by atoms with Crippen molar-refractivity contribution in [3.63, 3.8) is 0 Å². The molecule has 0 heterocycles. The van der Waals surface area contributed by atoms with E-state index in [0.717, 1.165) is 0 Å². The van der Waals surface area contributed by atoms with Gasteiger partial charge in [-0.15, -0.1) is 12.6 Å². The number of hydrogen-bond donors (Lipinski definition) is 6. The van der Waals surface area contributed by atoms with Crippen LogP contribution in [0, 0.1) is 0 Å². The maximum absolute atomic E-state index is 8.44. The van der Waals surface area contributed by atoms with Crippen molar-refractivity contribution in [3.8, 4) is 0 Å². The van der Waals surface area contributed by atoms with Crippen LogP contribution < -0.4 is 0 Å². The summed E-state index contributed by atoms with van der Waals surface area (Å²) in [4.78, 5) is -1.21. The van der Waals surface area contributed by atoms with E-state index in [9.17, 15) is 0 Å². The van der Waals surface area contributed by atoms with Gasteiger partial charge in [0.15, 0.2) is 0 Å². The van der Waals surface area contributed by atoms with Crippen LogP contribution in [0.3, 0.4) is 0 Å². The number of aliphatic hydroxyl groups is 4. The van der Waals surface area contributed by atoms with Crippen LogP contribution in [0.5, 0.6) is 0 Å². The van der Waals surface area contributed by atoms with Gasteiger partial charge in [-0.1, -0.05) is 0 Å². The van der Waals surface area contributed by atoms with E-state index in [1.807, 2.05) is 0 Å². The van der Waals surface area contributed by atoms with E-state index < -0.39 is 11.0 Å². The number of thiol groups is 2. The van der Waals surface area contributed by atoms with E-state index >= 15 is 0 Å². The van der Waals surface area contributed by atoms with Gasteiger partial charge in [0, 0.05) is 5.75 Å². The minimum absolute atomic E-state index is 0.191. The average molecular weight is 216 g/mol. The van der Waals surface area contributed by atoms with Crippen LogP contribution in [0.15, 0.2) is 0 Å². The molecule has 0 radical (unpaired) electrons. The van der Waals surface area contributed by atoms with Crippen molar-refractivity contribution in [3.05, 3.63) is 0 Å². The maximum atomic E-state index is 8.44. The van der Waals surface area contributed by atoms with E-state index in [4.69, 9.17) is 20.4 Å².